The molecule has 5 nitrogen and oxygen atoms in total. The number of rotatable bonds is 8. The summed E-state index contributed by atoms with van der Waals surface area (Å²) in [5.74, 6) is 0.0978. The number of aryl methyl sites for hydroxylation is 1. The Morgan fingerprint density at radius 2 is 2.00 bits per heavy atom. The third-order valence-electron chi connectivity index (χ3n) is 4.32. The average Bonchev–Trinajstić information content (AvgIpc) is 2.65. The second kappa shape index (κ2) is 9.58. The molecule has 0 aliphatic heterocycles. The van der Waals surface area contributed by atoms with Gasteiger partial charge < -0.3 is 14.8 Å². The normalized spacial score (nSPS) is 12.0. The molecule has 2 aromatic rings. The Morgan fingerprint density at radius 3 is 2.67 bits per heavy atom. The van der Waals surface area contributed by atoms with Gasteiger partial charge in [0.15, 0.2) is 11.6 Å². The van der Waals surface area contributed by atoms with Gasteiger partial charge in [0, 0.05) is 17.6 Å². The first-order valence-electron chi connectivity index (χ1n) is 8.56. The van der Waals surface area contributed by atoms with Crippen LogP contribution in [0.15, 0.2) is 36.4 Å². The molecule has 0 fully saturated rings. The highest BCUT2D eigenvalue weighted by Crippen LogP contribution is 2.31. The first-order chi connectivity index (χ1) is 12.8. The molecule has 0 aliphatic rings. The second-order valence-corrected chi connectivity index (χ2v) is 6.63. The van der Waals surface area contributed by atoms with Crippen LogP contribution >= 0.6 is 11.6 Å². The van der Waals surface area contributed by atoms with Gasteiger partial charge in [-0.25, -0.2) is 4.39 Å². The zero-order valence-corrected chi connectivity index (χ0v) is 16.6. The molecule has 0 aliphatic carbocycles. The molecule has 2 aromatic carbocycles. The van der Waals surface area contributed by atoms with Crippen LogP contribution in [0.4, 0.5) is 10.1 Å². The van der Waals surface area contributed by atoms with Crippen molar-refractivity contribution in [3.05, 3.63) is 52.8 Å². The summed E-state index contributed by atoms with van der Waals surface area (Å²) < 4.78 is 24.3. The summed E-state index contributed by atoms with van der Waals surface area (Å²) in [5, 5.41) is 3.43. The lowest BCUT2D eigenvalue weighted by Gasteiger charge is -2.24. The van der Waals surface area contributed by atoms with Crippen molar-refractivity contribution in [1.82, 2.24) is 4.90 Å². The Kier molecular flexibility index (Phi) is 7.45. The fraction of sp³-hybridized carbons (Fsp3) is 0.350. The quantitative estimate of drug-likeness (QED) is 0.731. The lowest BCUT2D eigenvalue weighted by atomic mass is 10.2. The van der Waals surface area contributed by atoms with Crippen molar-refractivity contribution in [2.75, 3.05) is 32.6 Å². The van der Waals surface area contributed by atoms with Crippen LogP contribution in [0, 0.1) is 12.7 Å². The largest absolute Gasteiger partial charge is 0.495 e. The van der Waals surface area contributed by atoms with Gasteiger partial charge in [-0.1, -0.05) is 23.7 Å². The average molecular weight is 395 g/mol. The van der Waals surface area contributed by atoms with Crippen LogP contribution in [0.2, 0.25) is 5.02 Å². The third-order valence-corrected chi connectivity index (χ3v) is 4.72. The molecule has 2 rings (SSSR count). The molecule has 0 heterocycles. The Bertz CT molecular complexity index is 801. The van der Waals surface area contributed by atoms with Crippen LogP contribution in [0.25, 0.3) is 0 Å². The maximum atomic E-state index is 13.6. The maximum Gasteiger partial charge on any atom is 0.241 e. The highest BCUT2D eigenvalue weighted by molar-refractivity contribution is 6.31. The minimum atomic E-state index is -0.421. The van der Waals surface area contributed by atoms with E-state index in [0.717, 1.165) is 5.56 Å². The number of benzene rings is 2. The van der Waals surface area contributed by atoms with Crippen molar-refractivity contribution in [3.63, 3.8) is 0 Å². The topological polar surface area (TPSA) is 50.8 Å². The van der Waals surface area contributed by atoms with Gasteiger partial charge in [0.05, 0.1) is 18.8 Å². The highest BCUT2D eigenvalue weighted by atomic mass is 35.5. The van der Waals surface area contributed by atoms with Gasteiger partial charge in [0.2, 0.25) is 5.91 Å². The van der Waals surface area contributed by atoms with Crippen molar-refractivity contribution in [2.45, 2.75) is 19.9 Å². The van der Waals surface area contributed by atoms with E-state index in [9.17, 15) is 9.18 Å². The SMILES string of the molecule is COc1cc(Cl)c(C)cc1NC(=O)C(C)N(C)CCOc1ccccc1F. The molecule has 0 saturated heterocycles. The fourth-order valence-corrected chi connectivity index (χ4v) is 2.58. The number of likely N-dealkylation sites (N-methyl/N-ethyl adjacent to an activating group) is 1. The Balaban J connectivity index is 1.92. The van der Waals surface area contributed by atoms with Gasteiger partial charge in [0.1, 0.15) is 12.4 Å². The monoisotopic (exact) mass is 394 g/mol. The number of amides is 1. The lowest BCUT2D eigenvalue weighted by molar-refractivity contribution is -0.120. The summed E-state index contributed by atoms with van der Waals surface area (Å²) in [6, 6.07) is 9.25. The van der Waals surface area contributed by atoms with Crippen LogP contribution in [-0.2, 0) is 4.79 Å². The van der Waals surface area contributed by atoms with E-state index in [1.165, 1.54) is 13.2 Å². The summed E-state index contributed by atoms with van der Waals surface area (Å²) in [6.45, 7) is 4.36. The number of methoxy groups -OCH3 is 1. The number of nitrogens with one attached hydrogen (secondary N) is 1. The Hall–Kier alpha value is -2.31. The van der Waals surface area contributed by atoms with Gasteiger partial charge in [-0.05, 0) is 44.7 Å². The summed E-state index contributed by atoms with van der Waals surface area (Å²) in [7, 11) is 3.32. The van der Waals surface area contributed by atoms with Gasteiger partial charge in [-0.3, -0.25) is 9.69 Å². The number of ether oxygens (including phenoxy) is 2. The van der Waals surface area contributed by atoms with E-state index in [1.54, 1.807) is 44.3 Å². The van der Waals surface area contributed by atoms with Crippen LogP contribution in [0.1, 0.15) is 12.5 Å². The number of carbonyl (C=O) groups excluding carboxylic acids is 1. The molecule has 1 amide bonds. The zero-order chi connectivity index (χ0) is 20.0. The minimum absolute atomic E-state index is 0.191. The molecule has 0 radical (unpaired) electrons. The molecular weight excluding hydrogens is 371 g/mol. The lowest BCUT2D eigenvalue weighted by Crippen LogP contribution is -2.41. The highest BCUT2D eigenvalue weighted by Gasteiger charge is 2.20. The minimum Gasteiger partial charge on any atom is -0.495 e. The smallest absolute Gasteiger partial charge is 0.241 e. The Morgan fingerprint density at radius 1 is 1.30 bits per heavy atom. The standard InChI is InChI=1S/C20H24ClFN2O3/c1-13-11-17(19(26-4)12-15(13)21)23-20(25)14(2)24(3)9-10-27-18-8-6-5-7-16(18)22/h5-8,11-12,14H,9-10H2,1-4H3,(H,23,25). The molecule has 0 aromatic heterocycles. The number of para-hydroxylation sites is 1. The molecule has 1 atom stereocenters. The predicted molar refractivity (Wildman–Crippen MR) is 105 cm³/mol. The first kappa shape index (κ1) is 21.0. The zero-order valence-electron chi connectivity index (χ0n) is 15.9. The van der Waals surface area contributed by atoms with Gasteiger partial charge >= 0.3 is 0 Å². The van der Waals surface area contributed by atoms with Crippen molar-refractivity contribution in [3.8, 4) is 11.5 Å². The maximum absolute atomic E-state index is 13.6. The molecule has 146 valence electrons. The Labute approximate surface area is 164 Å². The number of halogens is 2. The molecular formula is C20H24ClFN2O3. The van der Waals surface area contributed by atoms with E-state index in [0.29, 0.717) is 23.0 Å². The van der Waals surface area contributed by atoms with Crippen molar-refractivity contribution >= 4 is 23.2 Å². The number of hydrogen-bond donors (Lipinski definition) is 1. The third kappa shape index (κ3) is 5.58. The number of hydrogen-bond acceptors (Lipinski definition) is 4. The van der Waals surface area contributed by atoms with Gasteiger partial charge in [-0.2, -0.15) is 0 Å². The van der Waals surface area contributed by atoms with Crippen LogP contribution < -0.4 is 14.8 Å². The summed E-state index contributed by atoms with van der Waals surface area (Å²) in [5.41, 5.74) is 1.40. The summed E-state index contributed by atoms with van der Waals surface area (Å²) in [4.78, 5) is 14.4. The first-order valence-corrected chi connectivity index (χ1v) is 8.93. The van der Waals surface area contributed by atoms with Crippen LogP contribution in [-0.4, -0.2) is 44.2 Å². The number of carbonyl (C=O) groups is 1. The summed E-state index contributed by atoms with van der Waals surface area (Å²) >= 11 is 6.09. The van der Waals surface area contributed by atoms with Crippen molar-refractivity contribution in [2.24, 2.45) is 0 Å². The number of nitrogens with zero attached hydrogens (tertiary/aromatic N) is 1. The molecule has 1 N–H and O–H groups in total. The molecule has 1 unspecified atom stereocenters. The van der Waals surface area contributed by atoms with E-state index >= 15 is 0 Å². The van der Waals surface area contributed by atoms with Gasteiger partial charge in [-0.15, -0.1) is 0 Å². The summed E-state index contributed by atoms with van der Waals surface area (Å²) in [6.07, 6.45) is 0. The van der Waals surface area contributed by atoms with E-state index in [-0.39, 0.29) is 18.3 Å². The molecule has 0 saturated carbocycles. The van der Waals surface area contributed by atoms with E-state index in [1.807, 2.05) is 11.8 Å². The van der Waals surface area contributed by atoms with Crippen molar-refractivity contribution in [1.29, 1.82) is 0 Å². The molecule has 0 spiro atoms. The molecule has 7 heteroatoms. The van der Waals surface area contributed by atoms with Crippen LogP contribution in [0.5, 0.6) is 11.5 Å². The molecule has 27 heavy (non-hydrogen) atoms. The van der Waals surface area contributed by atoms with E-state index in [2.05, 4.69) is 5.32 Å². The predicted octanol–water partition coefficient (Wildman–Crippen LogP) is 4.13. The second-order valence-electron chi connectivity index (χ2n) is 6.23. The molecule has 0 bridgehead atoms. The van der Waals surface area contributed by atoms with Crippen LogP contribution in [0.3, 0.4) is 0 Å². The van der Waals surface area contributed by atoms with Gasteiger partial charge in [0.25, 0.3) is 0 Å². The van der Waals surface area contributed by atoms with Crippen molar-refractivity contribution < 1.29 is 18.7 Å². The fourth-order valence-electron chi connectivity index (χ4n) is 2.42. The van der Waals surface area contributed by atoms with E-state index < -0.39 is 11.9 Å². The number of anilines is 1. The van der Waals surface area contributed by atoms with E-state index in [4.69, 9.17) is 21.1 Å².